The summed E-state index contributed by atoms with van der Waals surface area (Å²) in [6.45, 7) is 0.426. The smallest absolute Gasteiger partial charge is 0.251 e. The predicted molar refractivity (Wildman–Crippen MR) is 99.9 cm³/mol. The molecule has 1 saturated heterocycles. The topological polar surface area (TPSA) is 67.4 Å². The van der Waals surface area contributed by atoms with Crippen LogP contribution in [0.1, 0.15) is 40.5 Å². The lowest BCUT2D eigenvalue weighted by atomic mass is 9.95. The van der Waals surface area contributed by atoms with Crippen molar-refractivity contribution in [3.63, 3.8) is 0 Å². The summed E-state index contributed by atoms with van der Waals surface area (Å²) in [6, 6.07) is 9.02. The predicted octanol–water partition coefficient (Wildman–Crippen LogP) is 2.50. The van der Waals surface area contributed by atoms with Crippen LogP contribution in [0.2, 0.25) is 0 Å². The van der Waals surface area contributed by atoms with Crippen molar-refractivity contribution >= 4 is 23.2 Å². The van der Waals surface area contributed by atoms with Gasteiger partial charge in [-0.15, -0.1) is 11.3 Å². The number of benzene rings is 1. The monoisotopic (exact) mass is 370 g/mol. The Morgan fingerprint density at radius 2 is 2.04 bits per heavy atom. The summed E-state index contributed by atoms with van der Waals surface area (Å²) >= 11 is 1.80. The van der Waals surface area contributed by atoms with Gasteiger partial charge >= 0.3 is 0 Å². The Hall–Kier alpha value is -2.18. The van der Waals surface area contributed by atoms with Crippen molar-refractivity contribution in [2.24, 2.45) is 0 Å². The fourth-order valence-electron chi connectivity index (χ4n) is 3.69. The number of amides is 2. The van der Waals surface area contributed by atoms with E-state index in [2.05, 4.69) is 16.0 Å². The van der Waals surface area contributed by atoms with Crippen LogP contribution < -0.4 is 10.6 Å². The highest BCUT2D eigenvalue weighted by Gasteiger charge is 2.36. The van der Waals surface area contributed by atoms with Crippen LogP contribution in [0.5, 0.6) is 0 Å². The van der Waals surface area contributed by atoms with Gasteiger partial charge < -0.3 is 15.4 Å². The highest BCUT2D eigenvalue weighted by Crippen LogP contribution is 2.30. The molecule has 2 aliphatic rings. The number of morpholine rings is 1. The average molecular weight is 370 g/mol. The number of thiophene rings is 1. The minimum atomic E-state index is -0.718. The minimum Gasteiger partial charge on any atom is -0.356 e. The van der Waals surface area contributed by atoms with Crippen molar-refractivity contribution < 1.29 is 14.3 Å². The molecule has 1 aliphatic carbocycles. The summed E-state index contributed by atoms with van der Waals surface area (Å²) in [5.74, 6) is -0.385. The Bertz CT molecular complexity index is 803. The highest BCUT2D eigenvalue weighted by molar-refractivity contribution is 7.10. The number of ether oxygens (including phenoxy) is 1. The van der Waals surface area contributed by atoms with E-state index in [1.807, 2.05) is 30.3 Å². The largest absolute Gasteiger partial charge is 0.356 e. The number of aryl methyl sites for hydroxylation is 1. The molecule has 2 N–H and O–H groups in total. The van der Waals surface area contributed by atoms with Gasteiger partial charge in [0.15, 0.2) is 6.10 Å². The van der Waals surface area contributed by atoms with Crippen LogP contribution in [0.3, 0.4) is 0 Å². The molecule has 0 saturated carbocycles. The van der Waals surface area contributed by atoms with Gasteiger partial charge in [-0.1, -0.05) is 30.3 Å². The second-order valence-corrected chi connectivity index (χ2v) is 7.74. The highest BCUT2D eigenvalue weighted by atomic mass is 32.1. The maximum Gasteiger partial charge on any atom is 0.251 e. The van der Waals surface area contributed by atoms with Crippen LogP contribution in [-0.2, 0) is 33.7 Å². The average Bonchev–Trinajstić information content (AvgIpc) is 3.10. The Kier molecular flexibility index (Phi) is 5.04. The van der Waals surface area contributed by atoms with Gasteiger partial charge in [-0.25, -0.2) is 0 Å². The van der Waals surface area contributed by atoms with Gasteiger partial charge in [0.2, 0.25) is 5.91 Å². The molecular weight excluding hydrogens is 348 g/mol. The van der Waals surface area contributed by atoms with Crippen LogP contribution >= 0.6 is 11.3 Å². The molecule has 136 valence electrons. The Balaban J connectivity index is 1.46. The van der Waals surface area contributed by atoms with E-state index < -0.39 is 12.1 Å². The molecule has 1 aromatic carbocycles. The molecule has 2 aromatic rings. The SMILES string of the molecule is O=C1CO[C@H](C(=O)NCc2csc3c2CCCC3)[C@@H](c2ccccc2)N1. The van der Waals surface area contributed by atoms with Gasteiger partial charge in [-0.3, -0.25) is 9.59 Å². The molecule has 5 nitrogen and oxygen atoms in total. The van der Waals surface area contributed by atoms with E-state index in [1.165, 1.54) is 28.8 Å². The first-order chi connectivity index (χ1) is 12.7. The Morgan fingerprint density at radius 3 is 2.88 bits per heavy atom. The van der Waals surface area contributed by atoms with E-state index in [1.54, 1.807) is 11.3 Å². The first-order valence-electron chi connectivity index (χ1n) is 9.04. The van der Waals surface area contributed by atoms with Crippen molar-refractivity contribution in [2.75, 3.05) is 6.61 Å². The van der Waals surface area contributed by atoms with E-state index >= 15 is 0 Å². The van der Waals surface area contributed by atoms with E-state index in [-0.39, 0.29) is 18.4 Å². The quantitative estimate of drug-likeness (QED) is 0.869. The second-order valence-electron chi connectivity index (χ2n) is 6.78. The molecule has 0 radical (unpaired) electrons. The van der Waals surface area contributed by atoms with Gasteiger partial charge in [0, 0.05) is 11.4 Å². The summed E-state index contributed by atoms with van der Waals surface area (Å²) in [5.41, 5.74) is 3.50. The second kappa shape index (κ2) is 7.60. The van der Waals surface area contributed by atoms with Crippen molar-refractivity contribution in [2.45, 2.75) is 44.4 Å². The van der Waals surface area contributed by atoms with Gasteiger partial charge in [0.25, 0.3) is 5.91 Å². The maximum atomic E-state index is 12.8. The number of carbonyl (C=O) groups excluding carboxylic acids is 2. The van der Waals surface area contributed by atoms with E-state index in [4.69, 9.17) is 4.74 Å². The number of carbonyl (C=O) groups is 2. The molecule has 2 heterocycles. The van der Waals surface area contributed by atoms with Crippen LogP contribution in [0.25, 0.3) is 0 Å². The minimum absolute atomic E-state index is 0.0880. The van der Waals surface area contributed by atoms with Crippen LogP contribution in [0, 0.1) is 0 Å². The Labute approximate surface area is 156 Å². The third kappa shape index (κ3) is 3.52. The van der Waals surface area contributed by atoms with Crippen LogP contribution in [-0.4, -0.2) is 24.5 Å². The number of hydrogen-bond donors (Lipinski definition) is 2. The number of nitrogens with one attached hydrogen (secondary N) is 2. The zero-order chi connectivity index (χ0) is 17.9. The zero-order valence-corrected chi connectivity index (χ0v) is 15.3. The molecule has 1 aliphatic heterocycles. The lowest BCUT2D eigenvalue weighted by Gasteiger charge is -2.31. The zero-order valence-electron chi connectivity index (χ0n) is 14.5. The van der Waals surface area contributed by atoms with Gasteiger partial charge in [0.05, 0.1) is 6.04 Å². The molecule has 6 heteroatoms. The molecule has 1 aromatic heterocycles. The number of rotatable bonds is 4. The van der Waals surface area contributed by atoms with Crippen molar-refractivity contribution in [3.8, 4) is 0 Å². The molecular formula is C20H22N2O3S. The van der Waals surface area contributed by atoms with Crippen molar-refractivity contribution in [1.82, 2.24) is 10.6 Å². The number of hydrogen-bond acceptors (Lipinski definition) is 4. The fraction of sp³-hybridized carbons (Fsp3) is 0.400. The molecule has 0 spiro atoms. The summed E-state index contributed by atoms with van der Waals surface area (Å²) < 4.78 is 5.58. The van der Waals surface area contributed by atoms with Gasteiger partial charge in [-0.2, -0.15) is 0 Å². The van der Waals surface area contributed by atoms with E-state index in [0.29, 0.717) is 6.54 Å². The van der Waals surface area contributed by atoms with Gasteiger partial charge in [0.1, 0.15) is 6.61 Å². The van der Waals surface area contributed by atoms with Crippen LogP contribution in [0.15, 0.2) is 35.7 Å². The summed E-state index contributed by atoms with van der Waals surface area (Å²) in [5, 5.41) is 8.06. The molecule has 4 rings (SSSR count). The molecule has 2 atom stereocenters. The summed E-state index contributed by atoms with van der Waals surface area (Å²) in [7, 11) is 0. The van der Waals surface area contributed by atoms with E-state index in [9.17, 15) is 9.59 Å². The van der Waals surface area contributed by atoms with Crippen molar-refractivity contribution in [3.05, 3.63) is 57.3 Å². The van der Waals surface area contributed by atoms with Gasteiger partial charge in [-0.05, 0) is 47.8 Å². The fourth-order valence-corrected chi connectivity index (χ4v) is 4.84. The lowest BCUT2D eigenvalue weighted by Crippen LogP contribution is -2.52. The standard InChI is InChI=1S/C20H22N2O3S/c23-17-11-25-19(18(22-17)13-6-2-1-3-7-13)20(24)21-10-14-12-26-16-9-5-4-8-15(14)16/h1-3,6-7,12,18-19H,4-5,8-11H2,(H,21,24)(H,22,23)/t18-,19+/m1/s1. The molecule has 1 fully saturated rings. The normalized spacial score (nSPS) is 22.4. The molecule has 2 amide bonds. The maximum absolute atomic E-state index is 12.8. The third-order valence-corrected chi connectivity index (χ3v) is 6.17. The molecule has 0 bridgehead atoms. The summed E-state index contributed by atoms with van der Waals surface area (Å²) in [4.78, 5) is 26.0. The lowest BCUT2D eigenvalue weighted by molar-refractivity contribution is -0.148. The van der Waals surface area contributed by atoms with Crippen molar-refractivity contribution in [1.29, 1.82) is 0 Å². The molecule has 26 heavy (non-hydrogen) atoms. The van der Waals surface area contributed by atoms with Crippen LogP contribution in [0.4, 0.5) is 0 Å². The molecule has 0 unspecified atom stereocenters. The Morgan fingerprint density at radius 1 is 1.23 bits per heavy atom. The third-order valence-electron chi connectivity index (χ3n) is 5.03. The summed E-state index contributed by atoms with van der Waals surface area (Å²) in [6.07, 6.45) is 4.02. The first-order valence-corrected chi connectivity index (χ1v) is 9.92. The first kappa shape index (κ1) is 17.2. The number of fused-ring (bicyclic) bond motifs is 1. The van der Waals surface area contributed by atoms with E-state index in [0.717, 1.165) is 18.4 Å².